The second kappa shape index (κ2) is 25.1. The Hall–Kier alpha value is -7.81. The number of carbonyl (C=O) groups excluding carboxylic acids is 3. The summed E-state index contributed by atoms with van der Waals surface area (Å²) in [6, 6.07) is 32.5. The van der Waals surface area contributed by atoms with Gasteiger partial charge in [0.15, 0.2) is 0 Å². The first-order valence-electron chi connectivity index (χ1n) is 24.3. The maximum atomic E-state index is 11.8. The van der Waals surface area contributed by atoms with Crippen molar-refractivity contribution in [2.45, 2.75) is 121 Å². The summed E-state index contributed by atoms with van der Waals surface area (Å²) < 4.78 is 34.1. The van der Waals surface area contributed by atoms with Gasteiger partial charge in [0.05, 0.1) is 5.60 Å². The molecule has 0 unspecified atom stereocenters. The number of aliphatic hydroxyl groups is 1. The molecule has 0 fully saturated rings. The fourth-order valence-electron chi connectivity index (χ4n) is 7.35. The Kier molecular flexibility index (Phi) is 20.1. The first-order valence-corrected chi connectivity index (χ1v) is 24.3. The van der Waals surface area contributed by atoms with Crippen LogP contribution in [-0.2, 0) is 41.0 Å². The summed E-state index contributed by atoms with van der Waals surface area (Å²) in [6.45, 7) is 38.7. The van der Waals surface area contributed by atoms with Crippen LogP contribution in [0.2, 0.25) is 0 Å². The molecule has 0 spiro atoms. The normalized spacial score (nSPS) is 11.2. The molecule has 0 aliphatic rings. The third-order valence-electron chi connectivity index (χ3n) is 11.7. The molecule has 0 saturated carbocycles. The molecule has 0 heterocycles. The van der Waals surface area contributed by atoms with Gasteiger partial charge in [0, 0.05) is 16.7 Å². The van der Waals surface area contributed by atoms with Crippen molar-refractivity contribution >= 4 is 17.9 Å². The van der Waals surface area contributed by atoms with Gasteiger partial charge in [-0.05, 0) is 263 Å². The first kappa shape index (κ1) is 60.7. The Balaban J connectivity index is 0.000000403. The maximum absolute atomic E-state index is 11.8. The average Bonchev–Trinajstić information content (AvgIpc) is 3.33. The summed E-state index contributed by atoms with van der Waals surface area (Å²) in [7, 11) is 0. The molecule has 0 saturated heterocycles. The summed E-state index contributed by atoms with van der Waals surface area (Å²) >= 11 is 0. The number of ether oxygens (including phenoxy) is 6. The molecule has 6 aromatic carbocycles. The third kappa shape index (κ3) is 16.3. The second-order valence-electron chi connectivity index (χ2n) is 20.3. The lowest BCUT2D eigenvalue weighted by molar-refractivity contribution is -0.410. The zero-order valence-corrected chi connectivity index (χ0v) is 46.5. The van der Waals surface area contributed by atoms with Crippen molar-refractivity contribution in [1.29, 1.82) is 0 Å². The summed E-state index contributed by atoms with van der Waals surface area (Å²) in [5.41, 5.74) is 6.80. The molecule has 13 heteroatoms. The molecule has 0 atom stereocenters. The maximum Gasteiger partial charge on any atom is 0.338 e. The zero-order valence-electron chi connectivity index (χ0n) is 46.5. The number of hydrogen-bond acceptors (Lipinski definition) is 12. The highest BCUT2D eigenvalue weighted by Gasteiger charge is 2.32. The minimum atomic E-state index is -0.900. The van der Waals surface area contributed by atoms with Crippen LogP contribution >= 0.6 is 0 Å². The molecule has 0 aliphatic heterocycles. The number of carbonyl (C=O) groups is 3. The number of rotatable bonds is 18. The molecule has 3 N–H and O–H groups in total. The van der Waals surface area contributed by atoms with E-state index >= 15 is 0 Å². The summed E-state index contributed by atoms with van der Waals surface area (Å²) in [5, 5.41) is 10.2. The zero-order chi connectivity index (χ0) is 55.7. The SMILES string of the molecule is C=C(C)C(=O)Oc1ccc(Oc2c(C)cc(C(C)(C)O)cc2C)cc1.C=C(C)C(=O)Oc1ccc(Oc2c(C)cc(C(C)(C)OOC(C)(C)c3cc(C)c(Oc4ccc(OC(=O)C(=C)C)cc4)c(C)c3)cc2C)cc1.O. The fourth-order valence-corrected chi connectivity index (χ4v) is 7.35. The van der Waals surface area contributed by atoms with Gasteiger partial charge < -0.3 is 39.0 Å². The lowest BCUT2D eigenvalue weighted by Crippen LogP contribution is -2.30. The van der Waals surface area contributed by atoms with E-state index < -0.39 is 34.7 Å². The van der Waals surface area contributed by atoms with Crippen molar-refractivity contribution in [3.63, 3.8) is 0 Å². The molecular formula is C63H72O13. The Labute approximate surface area is 447 Å². The number of esters is 3. The highest BCUT2D eigenvalue weighted by molar-refractivity contribution is 5.89. The molecule has 76 heavy (non-hydrogen) atoms. The topological polar surface area (TPSA) is 177 Å². The molecule has 0 aromatic heterocycles. The van der Waals surface area contributed by atoms with Gasteiger partial charge in [-0.2, -0.15) is 0 Å². The predicted molar refractivity (Wildman–Crippen MR) is 296 cm³/mol. The van der Waals surface area contributed by atoms with Crippen LogP contribution in [0.3, 0.4) is 0 Å². The van der Waals surface area contributed by atoms with Gasteiger partial charge in [-0.1, -0.05) is 19.7 Å². The van der Waals surface area contributed by atoms with Gasteiger partial charge >= 0.3 is 17.9 Å². The number of aryl methyl sites for hydroxylation is 6. The Bertz CT molecular complexity index is 2890. The van der Waals surface area contributed by atoms with Crippen molar-refractivity contribution in [1.82, 2.24) is 0 Å². The molecule has 0 aliphatic carbocycles. The van der Waals surface area contributed by atoms with Crippen LogP contribution in [-0.4, -0.2) is 28.5 Å². The third-order valence-corrected chi connectivity index (χ3v) is 11.7. The lowest BCUT2D eigenvalue weighted by atomic mass is 9.93. The van der Waals surface area contributed by atoms with Crippen LogP contribution in [0.5, 0.6) is 51.7 Å². The molecule has 0 radical (unpaired) electrons. The van der Waals surface area contributed by atoms with Crippen LogP contribution in [0.1, 0.15) is 112 Å². The Morgan fingerprint density at radius 3 is 0.776 bits per heavy atom. The van der Waals surface area contributed by atoms with Gasteiger partial charge in [0.1, 0.15) is 62.9 Å². The van der Waals surface area contributed by atoms with E-state index in [2.05, 4.69) is 19.7 Å². The van der Waals surface area contributed by atoms with E-state index in [0.29, 0.717) is 51.2 Å². The summed E-state index contributed by atoms with van der Waals surface area (Å²) in [6.07, 6.45) is 0. The van der Waals surface area contributed by atoms with E-state index in [9.17, 15) is 19.5 Å². The van der Waals surface area contributed by atoms with Gasteiger partial charge in [-0.15, -0.1) is 0 Å². The van der Waals surface area contributed by atoms with Crippen LogP contribution in [0.25, 0.3) is 0 Å². The minimum Gasteiger partial charge on any atom is -0.457 e. The van der Waals surface area contributed by atoms with Crippen molar-refractivity contribution in [2.24, 2.45) is 0 Å². The molecule has 6 aromatic rings. The molecular weight excluding hydrogens is 965 g/mol. The van der Waals surface area contributed by atoms with Crippen LogP contribution in [0.15, 0.2) is 146 Å². The van der Waals surface area contributed by atoms with E-state index in [4.69, 9.17) is 38.2 Å². The molecule has 6 rings (SSSR count). The first-order chi connectivity index (χ1) is 34.9. The van der Waals surface area contributed by atoms with Crippen molar-refractivity contribution in [2.75, 3.05) is 0 Å². The molecule has 0 bridgehead atoms. The van der Waals surface area contributed by atoms with Crippen molar-refractivity contribution in [3.05, 3.63) is 196 Å². The van der Waals surface area contributed by atoms with Crippen molar-refractivity contribution in [3.8, 4) is 51.7 Å². The Morgan fingerprint density at radius 1 is 0.382 bits per heavy atom. The minimum absolute atomic E-state index is 0. The van der Waals surface area contributed by atoms with Gasteiger partial charge in [0.2, 0.25) is 0 Å². The number of benzene rings is 6. The predicted octanol–water partition coefficient (Wildman–Crippen LogP) is 14.6. The second-order valence-corrected chi connectivity index (χ2v) is 20.3. The van der Waals surface area contributed by atoms with E-state index in [1.807, 2.05) is 106 Å². The van der Waals surface area contributed by atoms with Crippen molar-refractivity contribution < 1.29 is 63.2 Å². The van der Waals surface area contributed by atoms with E-state index in [0.717, 1.165) is 67.3 Å². The lowest BCUT2D eigenvalue weighted by Gasteiger charge is -2.32. The van der Waals surface area contributed by atoms with Gasteiger partial charge in [0.25, 0.3) is 0 Å². The highest BCUT2D eigenvalue weighted by Crippen LogP contribution is 2.40. The fraction of sp³-hybridized carbons (Fsp3) is 0.286. The molecule has 0 amide bonds. The average molecular weight is 1040 g/mol. The van der Waals surface area contributed by atoms with E-state index in [1.165, 1.54) is 0 Å². The summed E-state index contributed by atoms with van der Waals surface area (Å²) in [4.78, 5) is 47.5. The smallest absolute Gasteiger partial charge is 0.338 e. The molecule has 13 nitrogen and oxygen atoms in total. The van der Waals surface area contributed by atoms with Gasteiger partial charge in [-0.25, -0.2) is 24.2 Å². The number of hydrogen-bond donors (Lipinski definition) is 1. The summed E-state index contributed by atoms with van der Waals surface area (Å²) in [5.74, 6) is 3.93. The van der Waals surface area contributed by atoms with Crippen LogP contribution in [0, 0.1) is 41.5 Å². The monoisotopic (exact) mass is 1040 g/mol. The van der Waals surface area contributed by atoms with Gasteiger partial charge in [-0.3, -0.25) is 0 Å². The highest BCUT2D eigenvalue weighted by atomic mass is 17.2. The van der Waals surface area contributed by atoms with E-state index in [1.54, 1.807) is 107 Å². The quantitative estimate of drug-likeness (QED) is 0.0284. The molecule has 402 valence electrons. The van der Waals surface area contributed by atoms with Crippen LogP contribution < -0.4 is 28.4 Å². The van der Waals surface area contributed by atoms with Crippen LogP contribution in [0.4, 0.5) is 0 Å². The Morgan fingerprint density at radius 2 is 0.579 bits per heavy atom. The van der Waals surface area contributed by atoms with E-state index in [-0.39, 0.29) is 5.48 Å². The standard InChI is InChI=1S/C42H46O8.C21H24O4.H2O/c1-25(2)39(43)47-35-17-13-33(14-18-35)45-37-27(5)21-31(22-28(37)6)41(9,10)49-50-42(11,12)32-23-29(7)38(30(8)24-32)46-34-15-19-36(20-16-34)48-40(44)26(3)4;1-13(2)20(22)25-18-9-7-17(8-10-18)24-19-14(3)11-16(12-15(19)4)21(5,6)23;/h13-24H,1,3H2,2,4-12H3;7-12,23H,1H2,2-6H3;1H2. The largest absolute Gasteiger partial charge is 0.457 e.